The summed E-state index contributed by atoms with van der Waals surface area (Å²) in [6.45, 7) is 3.11. The minimum Gasteiger partial charge on any atom is -0.496 e. The van der Waals surface area contributed by atoms with Crippen LogP contribution in [0.25, 0.3) is 11.1 Å². The molecule has 0 aromatic heterocycles. The molecule has 0 spiro atoms. The Bertz CT molecular complexity index is 1040. The summed E-state index contributed by atoms with van der Waals surface area (Å²) >= 11 is 1.61. The van der Waals surface area contributed by atoms with E-state index in [1.54, 1.807) is 19.1 Å². The summed E-state index contributed by atoms with van der Waals surface area (Å²) in [4.78, 5) is 13.6. The minimum absolute atomic E-state index is 0.383. The molecule has 0 aliphatic carbocycles. The molecule has 0 heterocycles. The Labute approximate surface area is 200 Å². The number of hydrogen-bond acceptors (Lipinski definition) is 5. The third kappa shape index (κ3) is 7.20. The first-order valence-electron chi connectivity index (χ1n) is 11.1. The van der Waals surface area contributed by atoms with Crippen LogP contribution in [0.4, 0.5) is 0 Å². The fourth-order valence-corrected chi connectivity index (χ4v) is 4.27. The maximum atomic E-state index is 10.9. The summed E-state index contributed by atoms with van der Waals surface area (Å²) in [5.41, 5.74) is 4.64. The largest absolute Gasteiger partial charge is 0.496 e. The number of methoxy groups -OCH3 is 1. The Morgan fingerprint density at radius 1 is 1.06 bits per heavy atom. The highest BCUT2D eigenvalue weighted by atomic mass is 32.2. The van der Waals surface area contributed by atoms with Crippen molar-refractivity contribution in [2.75, 3.05) is 13.7 Å². The summed E-state index contributed by atoms with van der Waals surface area (Å²) in [5, 5.41) is 7.99. The maximum absolute atomic E-state index is 10.9. The lowest BCUT2D eigenvalue weighted by Crippen LogP contribution is -2.28. The lowest BCUT2D eigenvalue weighted by atomic mass is 9.99. The molecule has 0 unspecified atom stereocenters. The second-order valence-corrected chi connectivity index (χ2v) is 8.62. The van der Waals surface area contributed by atoms with Gasteiger partial charge < -0.3 is 9.64 Å². The number of benzene rings is 3. The normalized spacial score (nSPS) is 10.6. The molecule has 1 amide bonds. The van der Waals surface area contributed by atoms with E-state index >= 15 is 0 Å². The number of nitrogens with one attached hydrogen (secondary N) is 2. The SMILES string of the molecule is CCN(C=O)C(=N)CCCc1ccc(-c2ccc(OC)c(CNSc3ccccc3)c2)cc1. The van der Waals surface area contributed by atoms with Crippen LogP contribution in [0.3, 0.4) is 0 Å². The molecule has 0 radical (unpaired) electrons. The van der Waals surface area contributed by atoms with Crippen molar-refractivity contribution in [3.05, 3.63) is 83.9 Å². The van der Waals surface area contributed by atoms with E-state index in [4.69, 9.17) is 10.1 Å². The molecule has 5 nitrogen and oxygen atoms in total. The lowest BCUT2D eigenvalue weighted by Gasteiger charge is -2.15. The molecule has 0 bridgehead atoms. The third-order valence-corrected chi connectivity index (χ3v) is 6.25. The number of amides is 1. The fourth-order valence-electron chi connectivity index (χ4n) is 3.58. The molecule has 3 rings (SSSR count). The van der Waals surface area contributed by atoms with Gasteiger partial charge in [-0.1, -0.05) is 48.5 Å². The zero-order valence-electron chi connectivity index (χ0n) is 19.2. The van der Waals surface area contributed by atoms with Crippen LogP contribution < -0.4 is 9.46 Å². The first-order valence-corrected chi connectivity index (χ1v) is 12.0. The van der Waals surface area contributed by atoms with Crippen LogP contribution >= 0.6 is 11.9 Å². The molecule has 3 aromatic rings. The van der Waals surface area contributed by atoms with Gasteiger partial charge in [-0.15, -0.1) is 0 Å². The van der Waals surface area contributed by atoms with Gasteiger partial charge in [0.05, 0.1) is 7.11 Å². The molecule has 0 saturated carbocycles. The summed E-state index contributed by atoms with van der Waals surface area (Å²) < 4.78 is 8.99. The molecule has 0 atom stereocenters. The van der Waals surface area contributed by atoms with Crippen molar-refractivity contribution >= 4 is 24.2 Å². The predicted molar refractivity (Wildman–Crippen MR) is 137 cm³/mol. The molecule has 0 fully saturated rings. The average Bonchev–Trinajstić information content (AvgIpc) is 2.86. The standard InChI is InChI=1S/C27H31N3O2S/c1-3-30(20-31)27(28)11-7-8-21-12-14-22(15-13-21)23-16-17-26(32-2)24(18-23)19-29-33-25-9-5-4-6-10-25/h4-6,9-10,12-18,20,28-29H,3,7-8,11,19H2,1-2H3. The highest BCUT2D eigenvalue weighted by Gasteiger charge is 2.08. The Balaban J connectivity index is 1.60. The number of nitrogens with zero attached hydrogens (tertiary/aromatic N) is 1. The molecule has 0 aliphatic rings. The third-order valence-electron chi connectivity index (χ3n) is 5.46. The van der Waals surface area contributed by atoms with E-state index in [1.807, 2.05) is 31.2 Å². The molecule has 33 heavy (non-hydrogen) atoms. The second-order valence-electron chi connectivity index (χ2n) is 7.65. The summed E-state index contributed by atoms with van der Waals surface area (Å²) in [6, 6.07) is 25.1. The number of carbonyl (C=O) groups is 1. The first-order chi connectivity index (χ1) is 16.1. The van der Waals surface area contributed by atoms with E-state index in [-0.39, 0.29) is 0 Å². The first kappa shape index (κ1) is 24.6. The molecule has 6 heteroatoms. The zero-order valence-corrected chi connectivity index (χ0v) is 20.0. The quantitative estimate of drug-likeness (QED) is 0.152. The Morgan fingerprint density at radius 2 is 1.79 bits per heavy atom. The second kappa shape index (κ2) is 12.8. The summed E-state index contributed by atoms with van der Waals surface area (Å²) in [5.74, 6) is 1.25. The van der Waals surface area contributed by atoms with E-state index in [9.17, 15) is 4.79 Å². The van der Waals surface area contributed by atoms with E-state index in [0.29, 0.717) is 25.3 Å². The molecule has 0 aliphatic heterocycles. The highest BCUT2D eigenvalue weighted by molar-refractivity contribution is 7.97. The smallest absolute Gasteiger partial charge is 0.215 e. The van der Waals surface area contributed by atoms with E-state index in [1.165, 1.54) is 15.4 Å². The van der Waals surface area contributed by atoms with Gasteiger partial charge in [-0.05, 0) is 72.7 Å². The number of aryl methyl sites for hydroxylation is 1. The number of amidine groups is 1. The van der Waals surface area contributed by atoms with Gasteiger partial charge in [-0.3, -0.25) is 14.9 Å². The Kier molecular flexibility index (Phi) is 9.54. The highest BCUT2D eigenvalue weighted by Crippen LogP contribution is 2.28. The lowest BCUT2D eigenvalue weighted by molar-refractivity contribution is -0.114. The molecule has 0 saturated heterocycles. The number of hydrogen-bond donors (Lipinski definition) is 2. The van der Waals surface area contributed by atoms with Gasteiger partial charge in [0.25, 0.3) is 0 Å². The van der Waals surface area contributed by atoms with Crippen molar-refractivity contribution in [2.24, 2.45) is 0 Å². The van der Waals surface area contributed by atoms with Gasteiger partial charge in [0.15, 0.2) is 0 Å². The van der Waals surface area contributed by atoms with Gasteiger partial charge in [0.1, 0.15) is 11.6 Å². The molecule has 172 valence electrons. The van der Waals surface area contributed by atoms with Crippen LogP contribution in [-0.2, 0) is 17.8 Å². The Hall–Kier alpha value is -3.09. The van der Waals surface area contributed by atoms with Crippen molar-refractivity contribution in [3.63, 3.8) is 0 Å². The van der Waals surface area contributed by atoms with Crippen LogP contribution in [0.15, 0.2) is 77.7 Å². The number of rotatable bonds is 12. The number of carbonyl (C=O) groups excluding carboxylic acids is 1. The van der Waals surface area contributed by atoms with Crippen molar-refractivity contribution < 1.29 is 9.53 Å². The van der Waals surface area contributed by atoms with E-state index in [0.717, 1.165) is 41.7 Å². The van der Waals surface area contributed by atoms with Crippen LogP contribution in [-0.4, -0.2) is 30.8 Å². The minimum atomic E-state index is 0.383. The van der Waals surface area contributed by atoms with Gasteiger partial charge in [0, 0.05) is 30.0 Å². The molecular weight excluding hydrogens is 430 g/mol. The Morgan fingerprint density at radius 3 is 2.45 bits per heavy atom. The van der Waals surface area contributed by atoms with Crippen LogP contribution in [0.1, 0.15) is 30.9 Å². The van der Waals surface area contributed by atoms with Crippen molar-refractivity contribution in [2.45, 2.75) is 37.6 Å². The van der Waals surface area contributed by atoms with Gasteiger partial charge in [0.2, 0.25) is 6.41 Å². The average molecular weight is 462 g/mol. The molecule has 2 N–H and O–H groups in total. The number of ether oxygens (including phenoxy) is 1. The van der Waals surface area contributed by atoms with Crippen LogP contribution in [0.5, 0.6) is 5.75 Å². The predicted octanol–water partition coefficient (Wildman–Crippen LogP) is 5.94. The fraction of sp³-hybridized carbons (Fsp3) is 0.259. The topological polar surface area (TPSA) is 65.4 Å². The van der Waals surface area contributed by atoms with E-state index < -0.39 is 0 Å². The summed E-state index contributed by atoms with van der Waals surface area (Å²) in [7, 11) is 1.70. The van der Waals surface area contributed by atoms with Crippen LogP contribution in [0, 0.1) is 5.41 Å². The van der Waals surface area contributed by atoms with Gasteiger partial charge >= 0.3 is 0 Å². The van der Waals surface area contributed by atoms with E-state index in [2.05, 4.69) is 53.3 Å². The molecule has 3 aromatic carbocycles. The monoisotopic (exact) mass is 461 g/mol. The summed E-state index contributed by atoms with van der Waals surface area (Å²) in [6.07, 6.45) is 3.06. The van der Waals surface area contributed by atoms with Gasteiger partial charge in [-0.25, -0.2) is 0 Å². The van der Waals surface area contributed by atoms with Crippen LogP contribution in [0.2, 0.25) is 0 Å². The van der Waals surface area contributed by atoms with Gasteiger partial charge in [-0.2, -0.15) is 0 Å². The van der Waals surface area contributed by atoms with Crippen molar-refractivity contribution in [3.8, 4) is 16.9 Å². The molecular formula is C27H31N3O2S. The van der Waals surface area contributed by atoms with Crippen molar-refractivity contribution in [1.82, 2.24) is 9.62 Å². The maximum Gasteiger partial charge on any atom is 0.215 e. The zero-order chi connectivity index (χ0) is 23.5. The van der Waals surface area contributed by atoms with Crippen molar-refractivity contribution in [1.29, 1.82) is 5.41 Å².